The predicted molar refractivity (Wildman–Crippen MR) is 78.8 cm³/mol. The summed E-state index contributed by atoms with van der Waals surface area (Å²) in [6, 6.07) is 4.47. The number of carbonyl (C=O) groups is 1. The third-order valence-electron chi connectivity index (χ3n) is 3.01. The van der Waals surface area contributed by atoms with Crippen LogP contribution in [0, 0.1) is 11.6 Å². The highest BCUT2D eigenvalue weighted by Gasteiger charge is 2.19. The van der Waals surface area contributed by atoms with Crippen molar-refractivity contribution in [1.82, 2.24) is 0 Å². The second kappa shape index (κ2) is 6.67. The average Bonchev–Trinajstić information content (AvgIpc) is 2.96. The second-order valence-electron chi connectivity index (χ2n) is 4.66. The molecule has 0 aliphatic rings. The van der Waals surface area contributed by atoms with Crippen molar-refractivity contribution in [3.63, 3.8) is 0 Å². The summed E-state index contributed by atoms with van der Waals surface area (Å²) in [5.74, 6) is -3.17. The molecule has 0 saturated heterocycles. The minimum absolute atomic E-state index is 0.0304. The van der Waals surface area contributed by atoms with Crippen molar-refractivity contribution >= 4 is 23.0 Å². The van der Waals surface area contributed by atoms with Crippen molar-refractivity contribution < 1.29 is 18.3 Å². The minimum atomic E-state index is -1.20. The van der Waals surface area contributed by atoms with E-state index in [2.05, 4.69) is 10.1 Å². The number of hydrogen-bond donors (Lipinski definition) is 1. The smallest absolute Gasteiger partial charge is 0.340 e. The number of ether oxygens (including phenoxy) is 1. The maximum absolute atomic E-state index is 14.0. The molecule has 1 heterocycles. The molecule has 0 amide bonds. The molecule has 1 aromatic carbocycles. The molecule has 0 fully saturated rings. The summed E-state index contributed by atoms with van der Waals surface area (Å²) >= 11 is 1.59. The van der Waals surface area contributed by atoms with Crippen LogP contribution in [-0.4, -0.2) is 19.1 Å². The van der Waals surface area contributed by atoms with Crippen molar-refractivity contribution in [2.75, 3.05) is 12.4 Å². The molecule has 0 aliphatic carbocycles. The molecule has 2 rings (SSSR count). The molecule has 3 nitrogen and oxygen atoms in total. The Hall–Kier alpha value is -1.95. The van der Waals surface area contributed by atoms with Gasteiger partial charge in [-0.2, -0.15) is 11.3 Å². The van der Waals surface area contributed by atoms with E-state index in [0.29, 0.717) is 6.42 Å². The van der Waals surface area contributed by atoms with Gasteiger partial charge < -0.3 is 10.1 Å². The molecule has 1 aromatic heterocycles. The van der Waals surface area contributed by atoms with Crippen LogP contribution in [0.3, 0.4) is 0 Å². The lowest BCUT2D eigenvalue weighted by Gasteiger charge is -2.16. The van der Waals surface area contributed by atoms with Crippen LogP contribution in [0.4, 0.5) is 14.5 Å². The first-order valence-electron chi connectivity index (χ1n) is 6.37. The highest BCUT2D eigenvalue weighted by molar-refractivity contribution is 7.07. The summed E-state index contributed by atoms with van der Waals surface area (Å²) in [6.45, 7) is 1.88. The van der Waals surface area contributed by atoms with Crippen LogP contribution >= 0.6 is 11.3 Å². The number of rotatable bonds is 5. The second-order valence-corrected chi connectivity index (χ2v) is 5.44. The van der Waals surface area contributed by atoms with E-state index in [1.54, 1.807) is 11.3 Å². The maximum atomic E-state index is 14.0. The van der Waals surface area contributed by atoms with Gasteiger partial charge in [0.2, 0.25) is 0 Å². The van der Waals surface area contributed by atoms with Crippen molar-refractivity contribution in [2.24, 2.45) is 0 Å². The van der Waals surface area contributed by atoms with Crippen LogP contribution in [0.15, 0.2) is 29.0 Å². The Balaban J connectivity index is 2.13. The molecule has 6 heteroatoms. The van der Waals surface area contributed by atoms with Crippen LogP contribution in [0.5, 0.6) is 0 Å². The number of nitrogens with one attached hydrogen (secondary N) is 1. The van der Waals surface area contributed by atoms with Gasteiger partial charge in [0, 0.05) is 6.04 Å². The van der Waals surface area contributed by atoms with Crippen molar-refractivity contribution in [3.05, 3.63) is 51.7 Å². The average molecular weight is 311 g/mol. The summed E-state index contributed by atoms with van der Waals surface area (Å²) in [5, 5.41) is 6.89. The van der Waals surface area contributed by atoms with Gasteiger partial charge >= 0.3 is 5.97 Å². The van der Waals surface area contributed by atoms with Crippen molar-refractivity contribution in [3.8, 4) is 0 Å². The number of methoxy groups -OCH3 is 1. The standard InChI is InChI=1S/C15H15F2NO2S/c1-9(7-10-5-6-21-8-10)18-12-4-3-11(15(19)20-2)13(16)14(12)17/h3-6,8-9,18H,7H2,1-2H3. The SMILES string of the molecule is COC(=O)c1ccc(NC(C)Cc2ccsc2)c(F)c1F. The Labute approximate surface area is 125 Å². The molecule has 1 N–H and O–H groups in total. The van der Waals surface area contributed by atoms with Crippen LogP contribution in [-0.2, 0) is 11.2 Å². The summed E-state index contributed by atoms with van der Waals surface area (Å²) in [5.41, 5.74) is 0.751. The minimum Gasteiger partial charge on any atom is -0.465 e. The van der Waals surface area contributed by atoms with E-state index < -0.39 is 23.2 Å². The molecule has 21 heavy (non-hydrogen) atoms. The summed E-state index contributed by atoms with van der Waals surface area (Å²) in [6.07, 6.45) is 0.698. The molecule has 0 saturated carbocycles. The number of carbonyl (C=O) groups excluding carboxylic acids is 1. The van der Waals surface area contributed by atoms with Gasteiger partial charge in [0.1, 0.15) is 0 Å². The van der Waals surface area contributed by atoms with Gasteiger partial charge in [-0.25, -0.2) is 13.6 Å². The first-order chi connectivity index (χ1) is 10.0. The molecule has 2 aromatic rings. The van der Waals surface area contributed by atoms with E-state index in [-0.39, 0.29) is 11.7 Å². The number of esters is 1. The first-order valence-corrected chi connectivity index (χ1v) is 7.31. The Morgan fingerprint density at radius 1 is 1.33 bits per heavy atom. The molecule has 112 valence electrons. The summed E-state index contributed by atoms with van der Waals surface area (Å²) in [4.78, 5) is 11.3. The number of benzene rings is 1. The van der Waals surface area contributed by atoms with E-state index >= 15 is 0 Å². The third-order valence-corrected chi connectivity index (χ3v) is 3.74. The lowest BCUT2D eigenvalue weighted by Crippen LogP contribution is -2.19. The molecule has 1 unspecified atom stereocenters. The zero-order chi connectivity index (χ0) is 15.4. The maximum Gasteiger partial charge on any atom is 0.340 e. The zero-order valence-electron chi connectivity index (χ0n) is 11.7. The number of hydrogen-bond acceptors (Lipinski definition) is 4. The molecule has 0 radical (unpaired) electrons. The lowest BCUT2D eigenvalue weighted by molar-refractivity contribution is 0.0594. The molecule has 1 atom stereocenters. The molecule has 0 bridgehead atoms. The summed E-state index contributed by atoms with van der Waals surface area (Å²) in [7, 11) is 1.12. The Morgan fingerprint density at radius 2 is 2.10 bits per heavy atom. The molecule has 0 spiro atoms. The topological polar surface area (TPSA) is 38.3 Å². The van der Waals surface area contributed by atoms with Gasteiger partial charge in [0.05, 0.1) is 18.4 Å². The van der Waals surface area contributed by atoms with Crippen molar-refractivity contribution in [1.29, 1.82) is 0 Å². The van der Waals surface area contributed by atoms with Gasteiger partial charge in [-0.05, 0) is 47.9 Å². The molecular weight excluding hydrogens is 296 g/mol. The summed E-state index contributed by atoms with van der Waals surface area (Å²) < 4.78 is 32.2. The Bertz CT molecular complexity index is 629. The molecular formula is C15H15F2NO2S. The number of halogens is 2. The highest BCUT2D eigenvalue weighted by atomic mass is 32.1. The van der Waals surface area contributed by atoms with Gasteiger partial charge in [0.15, 0.2) is 11.6 Å². The highest BCUT2D eigenvalue weighted by Crippen LogP contribution is 2.22. The van der Waals surface area contributed by atoms with E-state index in [0.717, 1.165) is 12.7 Å². The van der Waals surface area contributed by atoms with Gasteiger partial charge in [-0.15, -0.1) is 0 Å². The fourth-order valence-corrected chi connectivity index (χ4v) is 2.69. The monoisotopic (exact) mass is 311 g/mol. The van der Waals surface area contributed by atoms with Crippen LogP contribution in [0.2, 0.25) is 0 Å². The number of thiophene rings is 1. The quantitative estimate of drug-likeness (QED) is 0.852. The van der Waals surface area contributed by atoms with Gasteiger partial charge in [-0.1, -0.05) is 0 Å². The fraction of sp³-hybridized carbons (Fsp3) is 0.267. The Morgan fingerprint density at radius 3 is 2.71 bits per heavy atom. The first kappa shape index (κ1) is 15.4. The normalized spacial score (nSPS) is 12.0. The van der Waals surface area contributed by atoms with E-state index in [9.17, 15) is 13.6 Å². The van der Waals surface area contributed by atoms with E-state index in [1.807, 2.05) is 23.8 Å². The van der Waals surface area contributed by atoms with E-state index in [4.69, 9.17) is 0 Å². The van der Waals surface area contributed by atoms with Crippen LogP contribution in [0.25, 0.3) is 0 Å². The largest absolute Gasteiger partial charge is 0.465 e. The van der Waals surface area contributed by atoms with Gasteiger partial charge in [0.25, 0.3) is 0 Å². The van der Waals surface area contributed by atoms with E-state index in [1.165, 1.54) is 12.1 Å². The number of anilines is 1. The third kappa shape index (κ3) is 3.58. The molecule has 0 aliphatic heterocycles. The van der Waals surface area contributed by atoms with Crippen LogP contribution < -0.4 is 5.32 Å². The Kier molecular flexibility index (Phi) is 4.90. The van der Waals surface area contributed by atoms with Crippen molar-refractivity contribution in [2.45, 2.75) is 19.4 Å². The fourth-order valence-electron chi connectivity index (χ4n) is 2.01. The van der Waals surface area contributed by atoms with Crippen LogP contribution in [0.1, 0.15) is 22.8 Å². The van der Waals surface area contributed by atoms with Gasteiger partial charge in [-0.3, -0.25) is 0 Å². The lowest BCUT2D eigenvalue weighted by atomic mass is 10.1. The zero-order valence-corrected chi connectivity index (χ0v) is 12.5. The predicted octanol–water partition coefficient (Wildman–Crippen LogP) is 3.86.